The summed E-state index contributed by atoms with van der Waals surface area (Å²) in [6, 6.07) is 13.2. The van der Waals surface area contributed by atoms with Gasteiger partial charge in [-0.2, -0.15) is 0 Å². The van der Waals surface area contributed by atoms with E-state index in [0.717, 1.165) is 36.9 Å². The van der Waals surface area contributed by atoms with Gasteiger partial charge in [-0.1, -0.05) is 17.7 Å². The molecule has 1 aromatic carbocycles. The number of H-pyrrole nitrogens is 1. The fraction of sp³-hybridized carbons (Fsp3) is 0.296. The minimum atomic E-state index is -0.0561. The van der Waals surface area contributed by atoms with Crippen molar-refractivity contribution < 1.29 is 9.59 Å². The van der Waals surface area contributed by atoms with Crippen molar-refractivity contribution in [3.63, 3.8) is 0 Å². The van der Waals surface area contributed by atoms with Crippen molar-refractivity contribution in [3.8, 4) is 11.4 Å². The highest BCUT2D eigenvalue weighted by molar-refractivity contribution is 6.35. The zero-order valence-corrected chi connectivity index (χ0v) is 20.9. The zero-order chi connectivity index (χ0) is 25.4. The molecule has 2 saturated heterocycles. The first kappa shape index (κ1) is 23.4. The second-order valence-corrected chi connectivity index (χ2v) is 9.83. The van der Waals surface area contributed by atoms with Crippen molar-refractivity contribution >= 4 is 46.0 Å². The third-order valence-electron chi connectivity index (χ3n) is 7.05. The molecular weight excluding hydrogens is 490 g/mol. The summed E-state index contributed by atoms with van der Waals surface area (Å²) in [5, 5.41) is 4.52. The summed E-state index contributed by atoms with van der Waals surface area (Å²) >= 11 is 6.58. The quantitative estimate of drug-likeness (QED) is 0.401. The molecule has 3 aromatic heterocycles. The topological polar surface area (TPSA) is 107 Å². The molecule has 9 nitrogen and oxygen atoms in total. The van der Waals surface area contributed by atoms with Crippen LogP contribution >= 0.6 is 11.6 Å². The molecule has 0 atom stereocenters. The number of fused-ring (bicyclic) bond motifs is 1. The lowest BCUT2D eigenvalue weighted by molar-refractivity contribution is -0.130. The van der Waals surface area contributed by atoms with E-state index in [2.05, 4.69) is 25.3 Å². The lowest BCUT2D eigenvalue weighted by Gasteiger charge is -2.36. The normalized spacial score (nSPS) is 16.5. The summed E-state index contributed by atoms with van der Waals surface area (Å²) in [4.78, 5) is 45.6. The van der Waals surface area contributed by atoms with E-state index >= 15 is 0 Å². The van der Waals surface area contributed by atoms with Crippen molar-refractivity contribution in [2.75, 3.05) is 25.0 Å². The van der Waals surface area contributed by atoms with Gasteiger partial charge in [0.05, 0.1) is 21.9 Å². The average molecular weight is 516 g/mol. The molecule has 4 aromatic rings. The number of pyridine rings is 1. The molecule has 2 fully saturated rings. The number of amides is 2. The molecule has 0 radical (unpaired) electrons. The molecule has 0 saturated carbocycles. The van der Waals surface area contributed by atoms with Gasteiger partial charge in [-0.05, 0) is 55.7 Å². The van der Waals surface area contributed by atoms with Crippen LogP contribution in [-0.4, -0.2) is 67.2 Å². The molecular formula is C27H26ClN7O2. The Kier molecular flexibility index (Phi) is 6.21. The Morgan fingerprint density at radius 2 is 1.89 bits per heavy atom. The SMILES string of the molecule is O=C(c1cc2cc(Nc3nccc(-c4ccccn4)n3)cc(Cl)c2[nH]1)N1CCC(N2CCCC2=O)CC1. The summed E-state index contributed by atoms with van der Waals surface area (Å²) < 4.78 is 0. The van der Waals surface area contributed by atoms with Crippen LogP contribution in [0.4, 0.5) is 11.6 Å². The van der Waals surface area contributed by atoms with Gasteiger partial charge < -0.3 is 20.1 Å². The number of anilines is 2. The predicted molar refractivity (Wildman–Crippen MR) is 142 cm³/mol. The third-order valence-corrected chi connectivity index (χ3v) is 7.35. The van der Waals surface area contributed by atoms with Crippen LogP contribution < -0.4 is 5.32 Å². The van der Waals surface area contributed by atoms with E-state index in [1.165, 1.54) is 0 Å². The maximum atomic E-state index is 13.3. The largest absolute Gasteiger partial charge is 0.349 e. The number of halogens is 1. The van der Waals surface area contributed by atoms with Crippen LogP contribution in [0, 0.1) is 0 Å². The predicted octanol–water partition coefficient (Wildman–Crippen LogP) is 4.64. The number of rotatable bonds is 5. The summed E-state index contributed by atoms with van der Waals surface area (Å²) in [6.45, 7) is 2.10. The van der Waals surface area contributed by atoms with Gasteiger partial charge in [0, 0.05) is 55.6 Å². The van der Waals surface area contributed by atoms with Crippen LogP contribution in [0.2, 0.25) is 5.02 Å². The Labute approximate surface area is 218 Å². The van der Waals surface area contributed by atoms with Crippen LogP contribution in [0.25, 0.3) is 22.3 Å². The minimum Gasteiger partial charge on any atom is -0.349 e. The fourth-order valence-electron chi connectivity index (χ4n) is 5.20. The van der Waals surface area contributed by atoms with E-state index in [1.54, 1.807) is 24.5 Å². The van der Waals surface area contributed by atoms with Crippen LogP contribution in [0.3, 0.4) is 0 Å². The average Bonchev–Trinajstić information content (AvgIpc) is 3.56. The molecule has 0 aliphatic carbocycles. The van der Waals surface area contributed by atoms with E-state index in [9.17, 15) is 9.59 Å². The maximum absolute atomic E-state index is 13.3. The van der Waals surface area contributed by atoms with Gasteiger partial charge in [0.1, 0.15) is 5.69 Å². The van der Waals surface area contributed by atoms with Crippen LogP contribution in [0.1, 0.15) is 36.2 Å². The van der Waals surface area contributed by atoms with E-state index in [-0.39, 0.29) is 17.9 Å². The van der Waals surface area contributed by atoms with Gasteiger partial charge >= 0.3 is 0 Å². The van der Waals surface area contributed by atoms with Crippen molar-refractivity contribution in [2.24, 2.45) is 0 Å². The van der Waals surface area contributed by atoms with Crippen molar-refractivity contribution in [2.45, 2.75) is 31.7 Å². The van der Waals surface area contributed by atoms with Gasteiger partial charge in [0.2, 0.25) is 11.9 Å². The molecule has 2 aliphatic rings. The molecule has 10 heteroatoms. The van der Waals surface area contributed by atoms with Gasteiger partial charge in [-0.3, -0.25) is 14.6 Å². The molecule has 2 N–H and O–H groups in total. The number of hydrogen-bond donors (Lipinski definition) is 2. The highest BCUT2D eigenvalue weighted by Crippen LogP contribution is 2.31. The number of hydrogen-bond acceptors (Lipinski definition) is 6. The molecule has 37 heavy (non-hydrogen) atoms. The fourth-order valence-corrected chi connectivity index (χ4v) is 5.47. The second-order valence-electron chi connectivity index (χ2n) is 9.42. The van der Waals surface area contributed by atoms with Crippen LogP contribution in [0.5, 0.6) is 0 Å². The number of nitrogens with one attached hydrogen (secondary N) is 2. The number of aromatic amines is 1. The van der Waals surface area contributed by atoms with E-state index in [0.29, 0.717) is 53.1 Å². The number of piperidine rings is 1. The first-order valence-corrected chi connectivity index (χ1v) is 12.9. The number of carbonyl (C=O) groups excluding carboxylic acids is 2. The lowest BCUT2D eigenvalue weighted by Crippen LogP contribution is -2.47. The van der Waals surface area contributed by atoms with Crippen molar-refractivity contribution in [1.29, 1.82) is 0 Å². The van der Waals surface area contributed by atoms with Gasteiger partial charge in [0.15, 0.2) is 0 Å². The summed E-state index contributed by atoms with van der Waals surface area (Å²) in [5.41, 5.74) is 3.38. The smallest absolute Gasteiger partial charge is 0.270 e. The molecule has 0 unspecified atom stereocenters. The Morgan fingerprint density at radius 1 is 1.03 bits per heavy atom. The standard InChI is InChI=1S/C27H26ClN7O2/c28-20-16-18(31-27-30-10-6-22(33-27)21-4-1-2-9-29-21)14-17-15-23(32-25(17)20)26(37)34-12-7-19(8-13-34)35-11-3-5-24(35)36/h1-2,4,6,9-10,14-16,19,32H,3,5,7-8,11-13H2,(H,30,31,33). The number of carbonyl (C=O) groups is 2. The summed E-state index contributed by atoms with van der Waals surface area (Å²) in [5.74, 6) is 0.609. The lowest BCUT2D eigenvalue weighted by atomic mass is 10.0. The summed E-state index contributed by atoms with van der Waals surface area (Å²) in [7, 11) is 0. The van der Waals surface area contributed by atoms with E-state index in [4.69, 9.17) is 11.6 Å². The molecule has 2 amide bonds. The Morgan fingerprint density at radius 3 is 2.65 bits per heavy atom. The highest BCUT2D eigenvalue weighted by atomic mass is 35.5. The maximum Gasteiger partial charge on any atom is 0.270 e. The number of aromatic nitrogens is 4. The minimum absolute atomic E-state index is 0.0561. The van der Waals surface area contributed by atoms with Gasteiger partial charge in [-0.15, -0.1) is 0 Å². The molecule has 2 aliphatic heterocycles. The summed E-state index contributed by atoms with van der Waals surface area (Å²) in [6.07, 6.45) is 6.60. The van der Waals surface area contributed by atoms with Crippen LogP contribution in [0.15, 0.2) is 54.9 Å². The van der Waals surface area contributed by atoms with Crippen molar-refractivity contribution in [1.82, 2.24) is 29.7 Å². The van der Waals surface area contributed by atoms with E-state index in [1.807, 2.05) is 40.1 Å². The zero-order valence-electron chi connectivity index (χ0n) is 20.2. The number of likely N-dealkylation sites (tertiary alicyclic amines) is 2. The number of benzene rings is 1. The second kappa shape index (κ2) is 9.82. The molecule has 0 spiro atoms. The Hall–Kier alpha value is -3.98. The van der Waals surface area contributed by atoms with Crippen molar-refractivity contribution in [3.05, 3.63) is 65.6 Å². The molecule has 6 rings (SSSR count). The monoisotopic (exact) mass is 515 g/mol. The third kappa shape index (κ3) is 4.74. The Balaban J connectivity index is 1.17. The molecule has 0 bridgehead atoms. The van der Waals surface area contributed by atoms with Gasteiger partial charge in [-0.25, -0.2) is 9.97 Å². The highest BCUT2D eigenvalue weighted by Gasteiger charge is 2.32. The first-order valence-electron chi connectivity index (χ1n) is 12.5. The first-order chi connectivity index (χ1) is 18.0. The Bertz CT molecular complexity index is 1460. The molecule has 5 heterocycles. The van der Waals surface area contributed by atoms with Crippen LogP contribution in [-0.2, 0) is 4.79 Å². The molecule has 188 valence electrons. The number of nitrogens with zero attached hydrogens (tertiary/aromatic N) is 5. The van der Waals surface area contributed by atoms with E-state index < -0.39 is 0 Å². The van der Waals surface area contributed by atoms with Gasteiger partial charge in [0.25, 0.3) is 5.91 Å².